The maximum Gasteiger partial charge on any atom is 0.353 e. The van der Waals surface area contributed by atoms with Crippen molar-refractivity contribution in [3.8, 4) is 0 Å². The van der Waals surface area contributed by atoms with E-state index in [0.717, 1.165) is 16.0 Å². The van der Waals surface area contributed by atoms with Crippen LogP contribution in [0.1, 0.15) is 11.1 Å². The van der Waals surface area contributed by atoms with E-state index in [1.54, 1.807) is 12.5 Å². The third kappa shape index (κ3) is 4.98. The molecule has 1 saturated heterocycles. The summed E-state index contributed by atoms with van der Waals surface area (Å²) in [6.07, 6.45) is 5.55. The molecule has 0 unspecified atom stereocenters. The summed E-state index contributed by atoms with van der Waals surface area (Å²) in [6.45, 7) is 0.700. The van der Waals surface area contributed by atoms with Crippen molar-refractivity contribution < 1.29 is 19.5 Å². The Morgan fingerprint density at radius 1 is 1.11 bits per heavy atom. The van der Waals surface area contributed by atoms with Crippen LogP contribution in [-0.4, -0.2) is 54.5 Å². The van der Waals surface area contributed by atoms with Crippen molar-refractivity contribution in [2.24, 2.45) is 0 Å². The van der Waals surface area contributed by atoms with E-state index in [0.29, 0.717) is 17.2 Å². The zero-order valence-corrected chi connectivity index (χ0v) is 20.2. The normalized spacial score (nSPS) is 19.2. The van der Waals surface area contributed by atoms with Gasteiger partial charge in [0.05, 0.1) is 12.7 Å². The average Bonchev–Trinajstić information content (AvgIpc) is 3.37. The van der Waals surface area contributed by atoms with E-state index in [4.69, 9.17) is 0 Å². The van der Waals surface area contributed by atoms with Crippen molar-refractivity contribution in [1.29, 1.82) is 0 Å². The molecule has 3 heterocycles. The predicted molar refractivity (Wildman–Crippen MR) is 133 cm³/mol. The van der Waals surface area contributed by atoms with Gasteiger partial charge in [0.25, 0.3) is 5.91 Å². The molecule has 10 heteroatoms. The van der Waals surface area contributed by atoms with Crippen molar-refractivity contribution in [1.82, 2.24) is 19.8 Å². The van der Waals surface area contributed by atoms with Gasteiger partial charge in [-0.3, -0.25) is 14.5 Å². The van der Waals surface area contributed by atoms with Gasteiger partial charge in [0.2, 0.25) is 5.91 Å². The number of nitrogens with one attached hydrogen (secondary N) is 1. The summed E-state index contributed by atoms with van der Waals surface area (Å²) in [7, 11) is 0. The van der Waals surface area contributed by atoms with Crippen LogP contribution in [-0.2, 0) is 27.3 Å². The minimum absolute atomic E-state index is 0.000185. The Labute approximate surface area is 210 Å². The highest BCUT2D eigenvalue weighted by molar-refractivity contribution is 8.06. The number of amides is 2. The van der Waals surface area contributed by atoms with Gasteiger partial charge in [0.1, 0.15) is 17.1 Å². The highest BCUT2D eigenvalue weighted by Crippen LogP contribution is 2.45. The van der Waals surface area contributed by atoms with Crippen LogP contribution < -0.4 is 5.32 Å². The van der Waals surface area contributed by atoms with E-state index < -0.39 is 23.3 Å². The number of aliphatic carboxylic acids is 1. The Morgan fingerprint density at radius 3 is 2.57 bits per heavy atom. The molecule has 35 heavy (non-hydrogen) atoms. The van der Waals surface area contributed by atoms with Crippen molar-refractivity contribution in [2.75, 3.05) is 5.75 Å². The summed E-state index contributed by atoms with van der Waals surface area (Å²) in [4.78, 5) is 44.3. The third-order valence-corrected chi connectivity index (χ3v) is 8.30. The van der Waals surface area contributed by atoms with Gasteiger partial charge in [-0.05, 0) is 23.3 Å². The molecule has 2 amide bonds. The van der Waals surface area contributed by atoms with Gasteiger partial charge in [0, 0.05) is 34.5 Å². The zero-order chi connectivity index (χ0) is 24.4. The van der Waals surface area contributed by atoms with Crippen LogP contribution in [0.2, 0.25) is 0 Å². The number of carboxylic acid groups (broad SMARTS) is 1. The number of hydrogen-bond donors (Lipinski definition) is 2. The maximum absolute atomic E-state index is 12.9. The number of aromatic nitrogens is 2. The van der Waals surface area contributed by atoms with Gasteiger partial charge in [0.15, 0.2) is 0 Å². The van der Waals surface area contributed by atoms with Crippen LogP contribution in [0.4, 0.5) is 0 Å². The predicted octanol–water partition coefficient (Wildman–Crippen LogP) is 2.96. The Hall–Kier alpha value is -3.50. The summed E-state index contributed by atoms with van der Waals surface area (Å²) in [5.41, 5.74) is 1.95. The quantitative estimate of drug-likeness (QED) is 0.453. The minimum Gasteiger partial charge on any atom is -0.477 e. The summed E-state index contributed by atoms with van der Waals surface area (Å²) >= 11 is 2.82. The number of β-lactam (4-membered cyclic amide) rings is 1. The molecular formula is C25H22N4O4S2. The molecule has 3 aromatic rings. The number of hydrogen-bond acceptors (Lipinski definition) is 6. The Bertz CT molecular complexity index is 1280. The molecule has 2 aromatic carbocycles. The molecule has 178 valence electrons. The van der Waals surface area contributed by atoms with E-state index in [1.807, 2.05) is 65.4 Å². The molecule has 5 rings (SSSR count). The monoisotopic (exact) mass is 506 g/mol. The number of carbonyl (C=O) groups is 3. The highest BCUT2D eigenvalue weighted by Gasteiger charge is 2.54. The Kier molecular flexibility index (Phi) is 6.65. The molecule has 2 aliphatic rings. The first-order valence-electron chi connectivity index (χ1n) is 11.0. The molecule has 1 aromatic heterocycles. The number of imidazole rings is 1. The van der Waals surface area contributed by atoms with Crippen molar-refractivity contribution in [3.63, 3.8) is 0 Å². The molecule has 2 N–H and O–H groups in total. The lowest BCUT2D eigenvalue weighted by Gasteiger charge is -2.49. The fourth-order valence-corrected chi connectivity index (χ4v) is 6.54. The first-order valence-corrected chi connectivity index (χ1v) is 12.8. The third-order valence-electron chi connectivity index (χ3n) is 5.75. The number of thioether (sulfide) groups is 2. The largest absolute Gasteiger partial charge is 0.477 e. The fraction of sp³-hybridized carbons (Fsp3) is 0.200. The summed E-state index contributed by atoms with van der Waals surface area (Å²) in [5.74, 6) is -1.35. The molecule has 0 aliphatic carbocycles. The van der Waals surface area contributed by atoms with Crippen LogP contribution in [0.15, 0.2) is 88.8 Å². The molecule has 0 spiro atoms. The number of carbonyl (C=O) groups excluding carboxylic acids is 2. The second-order valence-electron chi connectivity index (χ2n) is 8.18. The lowest BCUT2D eigenvalue weighted by atomic mass is 10.0. The SMILES string of the molecule is O=C(Cc1ccccc1)N[C@@H]1C(=O)N2C(C(=O)O)=C(Sc3ccc(Cn4ccnc4)cc3)CS[C@@H]12. The van der Waals surface area contributed by atoms with Crippen LogP contribution in [0, 0.1) is 0 Å². The molecule has 0 saturated carbocycles. The van der Waals surface area contributed by atoms with Gasteiger partial charge >= 0.3 is 5.97 Å². The second kappa shape index (κ2) is 10.0. The van der Waals surface area contributed by atoms with Crippen molar-refractivity contribution >= 4 is 41.3 Å². The van der Waals surface area contributed by atoms with Gasteiger partial charge in [-0.1, -0.05) is 54.2 Å². The standard InChI is InChI=1S/C25H22N4O4S2/c30-20(12-16-4-2-1-3-5-16)27-21-23(31)29-22(25(32)33)19(14-34-24(21)29)35-18-8-6-17(7-9-18)13-28-11-10-26-15-28/h1-11,15,21,24H,12-14H2,(H,27,30)(H,32,33)/t21-,24+/m1/s1. The van der Waals surface area contributed by atoms with Crippen molar-refractivity contribution in [3.05, 3.63) is 95.0 Å². The van der Waals surface area contributed by atoms with E-state index >= 15 is 0 Å². The molecular weight excluding hydrogens is 484 g/mol. The Morgan fingerprint density at radius 2 is 1.89 bits per heavy atom. The lowest BCUT2D eigenvalue weighted by Crippen LogP contribution is -2.70. The smallest absolute Gasteiger partial charge is 0.353 e. The number of benzene rings is 2. The van der Waals surface area contributed by atoms with Gasteiger partial charge in [-0.15, -0.1) is 11.8 Å². The number of fused-ring (bicyclic) bond motifs is 1. The van der Waals surface area contributed by atoms with Crippen LogP contribution in [0.25, 0.3) is 0 Å². The molecule has 1 fully saturated rings. The van der Waals surface area contributed by atoms with E-state index in [2.05, 4.69) is 10.3 Å². The summed E-state index contributed by atoms with van der Waals surface area (Å²) < 4.78 is 1.97. The van der Waals surface area contributed by atoms with E-state index in [-0.39, 0.29) is 18.0 Å². The maximum atomic E-state index is 12.9. The van der Waals surface area contributed by atoms with Gasteiger partial charge in [-0.2, -0.15) is 0 Å². The molecule has 2 aliphatic heterocycles. The minimum atomic E-state index is -1.14. The summed E-state index contributed by atoms with van der Waals surface area (Å²) in [5, 5.41) is 12.3. The lowest BCUT2D eigenvalue weighted by molar-refractivity contribution is -0.150. The van der Waals surface area contributed by atoms with Crippen LogP contribution in [0.3, 0.4) is 0 Å². The number of nitrogens with zero attached hydrogens (tertiary/aromatic N) is 3. The van der Waals surface area contributed by atoms with Crippen molar-refractivity contribution in [2.45, 2.75) is 29.3 Å². The second-order valence-corrected chi connectivity index (χ2v) is 10.4. The molecule has 8 nitrogen and oxygen atoms in total. The highest BCUT2D eigenvalue weighted by atomic mass is 32.2. The number of rotatable bonds is 8. The zero-order valence-electron chi connectivity index (χ0n) is 18.5. The topological polar surface area (TPSA) is 105 Å². The number of carboxylic acids is 1. The molecule has 2 atom stereocenters. The van der Waals surface area contributed by atoms with Crippen LogP contribution >= 0.6 is 23.5 Å². The van der Waals surface area contributed by atoms with Gasteiger partial charge < -0.3 is 15.0 Å². The fourth-order valence-electron chi connectivity index (χ4n) is 4.07. The van der Waals surface area contributed by atoms with Gasteiger partial charge in [-0.25, -0.2) is 9.78 Å². The van der Waals surface area contributed by atoms with E-state index in [1.165, 1.54) is 28.4 Å². The molecule has 0 radical (unpaired) electrons. The Balaban J connectivity index is 1.26. The van der Waals surface area contributed by atoms with Crippen LogP contribution in [0.5, 0.6) is 0 Å². The first-order chi connectivity index (χ1) is 17.0. The first kappa shape index (κ1) is 23.3. The summed E-state index contributed by atoms with van der Waals surface area (Å²) in [6, 6.07) is 16.4. The van der Waals surface area contributed by atoms with E-state index in [9.17, 15) is 19.5 Å². The average molecular weight is 507 g/mol. The molecule has 0 bridgehead atoms.